The molecule has 0 radical (unpaired) electrons. The number of hydrogen-bond acceptors (Lipinski definition) is 2. The van der Waals surface area contributed by atoms with Crippen LogP contribution in [0.3, 0.4) is 0 Å². The number of guanidine groups is 1. The van der Waals surface area contributed by atoms with Crippen molar-refractivity contribution in [3.8, 4) is 0 Å². The zero-order valence-corrected chi connectivity index (χ0v) is 8.89. The fraction of sp³-hybridized carbons (Fsp3) is 0.909. The maximum absolute atomic E-state index is 10.3. The Hall–Kier alpha value is -0.770. The van der Waals surface area contributed by atoms with Gasteiger partial charge in [-0.25, -0.2) is 4.99 Å². The molecule has 4 fully saturated rings. The zero-order valence-electron chi connectivity index (χ0n) is 8.89. The molecule has 5 N–H and O–H groups in total. The van der Waals surface area contributed by atoms with Crippen LogP contribution in [0.5, 0.6) is 0 Å². The molecule has 0 aromatic carbocycles. The van der Waals surface area contributed by atoms with Crippen molar-refractivity contribution in [2.24, 2.45) is 34.2 Å². The highest BCUT2D eigenvalue weighted by Crippen LogP contribution is 2.56. The van der Waals surface area contributed by atoms with Crippen LogP contribution in [0.2, 0.25) is 0 Å². The Balaban J connectivity index is 1.88. The van der Waals surface area contributed by atoms with Crippen molar-refractivity contribution in [1.82, 2.24) is 0 Å². The number of nitrogens with two attached hydrogens (primary N) is 2. The molecule has 0 aromatic heterocycles. The van der Waals surface area contributed by atoms with Gasteiger partial charge in [-0.3, -0.25) is 0 Å². The molecule has 4 aliphatic rings. The van der Waals surface area contributed by atoms with E-state index in [9.17, 15) is 5.11 Å². The minimum atomic E-state index is -0.383. The summed E-state index contributed by atoms with van der Waals surface area (Å²) in [5.74, 6) is 1.96. The molecule has 2 unspecified atom stereocenters. The van der Waals surface area contributed by atoms with E-state index >= 15 is 0 Å². The van der Waals surface area contributed by atoms with Crippen molar-refractivity contribution in [1.29, 1.82) is 0 Å². The lowest BCUT2D eigenvalue weighted by Crippen LogP contribution is -2.56. The molecule has 4 nitrogen and oxygen atoms in total. The van der Waals surface area contributed by atoms with E-state index in [0.717, 1.165) is 25.2 Å². The first-order chi connectivity index (χ1) is 7.06. The van der Waals surface area contributed by atoms with Gasteiger partial charge in [-0.2, -0.15) is 0 Å². The molecular weight excluding hydrogens is 190 g/mol. The van der Waals surface area contributed by atoms with Crippen LogP contribution in [-0.2, 0) is 0 Å². The normalized spacial score (nSPS) is 51.8. The molecule has 4 aliphatic carbocycles. The van der Waals surface area contributed by atoms with Crippen LogP contribution in [0.1, 0.15) is 32.1 Å². The monoisotopic (exact) mass is 209 g/mol. The van der Waals surface area contributed by atoms with E-state index in [2.05, 4.69) is 4.99 Å². The van der Waals surface area contributed by atoms with E-state index in [4.69, 9.17) is 11.5 Å². The lowest BCUT2D eigenvalue weighted by Gasteiger charge is -2.56. The lowest BCUT2D eigenvalue weighted by atomic mass is 9.52. The van der Waals surface area contributed by atoms with Gasteiger partial charge in [-0.05, 0) is 49.9 Å². The van der Waals surface area contributed by atoms with Crippen LogP contribution in [0.25, 0.3) is 0 Å². The summed E-state index contributed by atoms with van der Waals surface area (Å²) in [6, 6.07) is 0.284. The first-order valence-electron chi connectivity index (χ1n) is 5.87. The standard InChI is InChI=1S/C11H19N3O/c12-10(13)14-9-7-1-6-2-8(9)5-11(15,3-6)4-7/h6-9,15H,1-5H2,(H4,12,13,14). The summed E-state index contributed by atoms with van der Waals surface area (Å²) in [6.45, 7) is 0. The molecule has 0 amide bonds. The summed E-state index contributed by atoms with van der Waals surface area (Å²) in [4.78, 5) is 4.37. The third-order valence-corrected chi connectivity index (χ3v) is 4.49. The Morgan fingerprint density at radius 1 is 1.13 bits per heavy atom. The Morgan fingerprint density at radius 2 is 1.73 bits per heavy atom. The molecule has 0 aliphatic heterocycles. The lowest BCUT2D eigenvalue weighted by molar-refractivity contribution is -0.132. The molecule has 84 valence electrons. The summed E-state index contributed by atoms with van der Waals surface area (Å²) in [5, 5.41) is 10.3. The second-order valence-corrected chi connectivity index (χ2v) is 5.74. The van der Waals surface area contributed by atoms with E-state index in [-0.39, 0.29) is 17.6 Å². The molecule has 4 rings (SSSR count). The predicted molar refractivity (Wildman–Crippen MR) is 58.1 cm³/mol. The predicted octanol–water partition coefficient (Wildman–Crippen LogP) is 0.199. The number of aliphatic imine (C=N–C) groups is 1. The quantitative estimate of drug-likeness (QED) is 0.426. The molecular formula is C11H19N3O. The highest BCUT2D eigenvalue weighted by Gasteiger charge is 2.54. The largest absolute Gasteiger partial charge is 0.390 e. The second kappa shape index (κ2) is 2.88. The van der Waals surface area contributed by atoms with E-state index in [1.165, 1.54) is 12.8 Å². The molecule has 15 heavy (non-hydrogen) atoms. The Bertz CT molecular complexity index is 295. The summed E-state index contributed by atoms with van der Waals surface area (Å²) >= 11 is 0. The summed E-state index contributed by atoms with van der Waals surface area (Å²) in [6.07, 6.45) is 5.23. The SMILES string of the molecule is NC(N)=NC1C2CC3CC1CC(O)(C3)C2. The van der Waals surface area contributed by atoms with Crippen LogP contribution in [0.4, 0.5) is 0 Å². The van der Waals surface area contributed by atoms with Gasteiger partial charge in [0.05, 0.1) is 11.6 Å². The summed E-state index contributed by atoms with van der Waals surface area (Å²) in [7, 11) is 0. The Kier molecular flexibility index (Phi) is 1.81. The topological polar surface area (TPSA) is 84.6 Å². The number of nitrogens with zero attached hydrogens (tertiary/aromatic N) is 1. The minimum absolute atomic E-state index is 0.208. The fourth-order valence-electron chi connectivity index (χ4n) is 4.34. The van der Waals surface area contributed by atoms with Crippen molar-refractivity contribution in [2.75, 3.05) is 0 Å². The number of rotatable bonds is 1. The van der Waals surface area contributed by atoms with Crippen molar-refractivity contribution in [3.05, 3.63) is 0 Å². The first kappa shape index (κ1) is 9.46. The average molecular weight is 209 g/mol. The zero-order chi connectivity index (χ0) is 10.6. The molecule has 2 atom stereocenters. The Morgan fingerprint density at radius 3 is 2.20 bits per heavy atom. The van der Waals surface area contributed by atoms with Crippen LogP contribution in [-0.4, -0.2) is 22.7 Å². The van der Waals surface area contributed by atoms with E-state index in [1.807, 2.05) is 0 Å². The fourth-order valence-corrected chi connectivity index (χ4v) is 4.34. The first-order valence-corrected chi connectivity index (χ1v) is 5.87. The molecule has 0 saturated heterocycles. The maximum atomic E-state index is 10.3. The number of aliphatic hydroxyl groups is 1. The van der Waals surface area contributed by atoms with Crippen molar-refractivity contribution < 1.29 is 5.11 Å². The van der Waals surface area contributed by atoms with Crippen LogP contribution < -0.4 is 11.5 Å². The van der Waals surface area contributed by atoms with Crippen LogP contribution in [0.15, 0.2) is 4.99 Å². The van der Waals surface area contributed by atoms with Crippen molar-refractivity contribution in [3.63, 3.8) is 0 Å². The smallest absolute Gasteiger partial charge is 0.186 e. The highest BCUT2D eigenvalue weighted by atomic mass is 16.3. The van der Waals surface area contributed by atoms with Crippen LogP contribution in [0, 0.1) is 17.8 Å². The van der Waals surface area contributed by atoms with Gasteiger partial charge >= 0.3 is 0 Å². The van der Waals surface area contributed by atoms with E-state index < -0.39 is 0 Å². The van der Waals surface area contributed by atoms with Crippen LogP contribution >= 0.6 is 0 Å². The molecule has 4 heteroatoms. The summed E-state index contributed by atoms with van der Waals surface area (Å²) < 4.78 is 0. The summed E-state index contributed by atoms with van der Waals surface area (Å²) in [5.41, 5.74) is 10.6. The van der Waals surface area contributed by atoms with Crippen molar-refractivity contribution in [2.45, 2.75) is 43.7 Å². The van der Waals surface area contributed by atoms with Gasteiger partial charge in [-0.15, -0.1) is 0 Å². The van der Waals surface area contributed by atoms with E-state index in [1.54, 1.807) is 0 Å². The van der Waals surface area contributed by atoms with Gasteiger partial charge in [0, 0.05) is 0 Å². The van der Waals surface area contributed by atoms with Gasteiger partial charge < -0.3 is 16.6 Å². The van der Waals surface area contributed by atoms with Crippen molar-refractivity contribution >= 4 is 5.96 Å². The molecule has 4 saturated carbocycles. The molecule has 0 spiro atoms. The second-order valence-electron chi connectivity index (χ2n) is 5.74. The maximum Gasteiger partial charge on any atom is 0.186 e. The number of hydrogen-bond donors (Lipinski definition) is 3. The Labute approximate surface area is 89.7 Å². The average Bonchev–Trinajstić information content (AvgIpc) is 2.08. The van der Waals surface area contributed by atoms with Gasteiger partial charge in [0.25, 0.3) is 0 Å². The van der Waals surface area contributed by atoms with Gasteiger partial charge in [-0.1, -0.05) is 0 Å². The van der Waals surface area contributed by atoms with Gasteiger partial charge in [0.2, 0.25) is 0 Å². The molecule has 0 heterocycles. The third-order valence-electron chi connectivity index (χ3n) is 4.49. The third kappa shape index (κ3) is 1.42. The van der Waals surface area contributed by atoms with Gasteiger partial charge in [0.1, 0.15) is 0 Å². The molecule has 4 bridgehead atoms. The highest BCUT2D eigenvalue weighted by molar-refractivity contribution is 5.75. The van der Waals surface area contributed by atoms with Gasteiger partial charge in [0.15, 0.2) is 5.96 Å². The minimum Gasteiger partial charge on any atom is -0.390 e. The molecule has 0 aromatic rings. The van der Waals surface area contributed by atoms with E-state index in [0.29, 0.717) is 11.8 Å².